The molecule has 1 aromatic heterocycles. The van der Waals surface area contributed by atoms with Crippen LogP contribution in [0.5, 0.6) is 5.75 Å². The fraction of sp³-hybridized carbons (Fsp3) is 0.360. The molecule has 0 saturated carbocycles. The van der Waals surface area contributed by atoms with Gasteiger partial charge in [0.1, 0.15) is 5.75 Å². The third kappa shape index (κ3) is 4.79. The Hall–Kier alpha value is -2.92. The summed E-state index contributed by atoms with van der Waals surface area (Å²) < 4.78 is 5.69. The SMILES string of the molecule is CCCCOc1ccc(C(=O)N2CCN(Cc3cccc4cccnc34)CC2)cc1. The molecule has 1 aliphatic heterocycles. The maximum absolute atomic E-state index is 12.9. The number of pyridine rings is 1. The third-order valence-electron chi connectivity index (χ3n) is 5.64. The molecule has 1 fully saturated rings. The molecule has 0 aliphatic carbocycles. The molecule has 5 heteroatoms. The highest BCUT2D eigenvalue weighted by molar-refractivity contribution is 5.94. The van der Waals surface area contributed by atoms with Crippen LogP contribution >= 0.6 is 0 Å². The smallest absolute Gasteiger partial charge is 0.253 e. The monoisotopic (exact) mass is 403 g/mol. The van der Waals surface area contributed by atoms with Crippen LogP contribution in [0.15, 0.2) is 60.8 Å². The van der Waals surface area contributed by atoms with Gasteiger partial charge in [0.05, 0.1) is 12.1 Å². The van der Waals surface area contributed by atoms with Crippen LogP contribution in [0.25, 0.3) is 10.9 Å². The van der Waals surface area contributed by atoms with E-state index >= 15 is 0 Å². The molecule has 5 nitrogen and oxygen atoms in total. The highest BCUT2D eigenvalue weighted by Crippen LogP contribution is 2.19. The molecule has 1 amide bonds. The van der Waals surface area contributed by atoms with Gasteiger partial charge in [-0.05, 0) is 42.3 Å². The number of unbranched alkanes of at least 4 members (excludes halogenated alkanes) is 1. The van der Waals surface area contributed by atoms with Gasteiger partial charge in [0.2, 0.25) is 0 Å². The molecule has 0 bridgehead atoms. The molecule has 0 N–H and O–H groups in total. The molecule has 1 saturated heterocycles. The van der Waals surface area contributed by atoms with E-state index in [9.17, 15) is 4.79 Å². The number of ether oxygens (including phenoxy) is 1. The number of aromatic nitrogens is 1. The number of hydrogen-bond acceptors (Lipinski definition) is 4. The maximum Gasteiger partial charge on any atom is 0.253 e. The lowest BCUT2D eigenvalue weighted by Crippen LogP contribution is -2.48. The summed E-state index contributed by atoms with van der Waals surface area (Å²) in [5, 5.41) is 1.17. The van der Waals surface area contributed by atoms with Crippen molar-refractivity contribution in [3.05, 3.63) is 71.9 Å². The first-order valence-electron chi connectivity index (χ1n) is 10.8. The van der Waals surface area contributed by atoms with Crippen LogP contribution in [-0.2, 0) is 6.54 Å². The topological polar surface area (TPSA) is 45.7 Å². The zero-order valence-electron chi connectivity index (χ0n) is 17.6. The Morgan fingerprint density at radius 3 is 2.53 bits per heavy atom. The van der Waals surface area contributed by atoms with Crippen molar-refractivity contribution in [1.29, 1.82) is 0 Å². The minimum absolute atomic E-state index is 0.0987. The van der Waals surface area contributed by atoms with Gasteiger partial charge in [-0.3, -0.25) is 14.7 Å². The Kier molecular flexibility index (Phi) is 6.60. The van der Waals surface area contributed by atoms with Crippen LogP contribution in [0.4, 0.5) is 0 Å². The molecular weight excluding hydrogens is 374 g/mol. The maximum atomic E-state index is 12.9. The molecule has 0 radical (unpaired) electrons. The van der Waals surface area contributed by atoms with E-state index in [-0.39, 0.29) is 5.91 Å². The second kappa shape index (κ2) is 9.72. The van der Waals surface area contributed by atoms with E-state index in [1.54, 1.807) is 0 Å². The van der Waals surface area contributed by atoms with Gasteiger partial charge in [0, 0.05) is 49.9 Å². The first-order chi connectivity index (χ1) is 14.7. The molecule has 0 spiro atoms. The van der Waals surface area contributed by atoms with Crippen molar-refractivity contribution in [3.8, 4) is 5.75 Å². The van der Waals surface area contributed by atoms with Crippen molar-refractivity contribution in [3.63, 3.8) is 0 Å². The molecule has 156 valence electrons. The number of carbonyl (C=O) groups is 1. The minimum atomic E-state index is 0.0987. The van der Waals surface area contributed by atoms with E-state index in [0.29, 0.717) is 0 Å². The summed E-state index contributed by atoms with van der Waals surface area (Å²) in [5.74, 6) is 0.926. The molecule has 1 aliphatic rings. The lowest BCUT2D eigenvalue weighted by Gasteiger charge is -2.35. The summed E-state index contributed by atoms with van der Waals surface area (Å²) in [6, 6.07) is 18.0. The first-order valence-corrected chi connectivity index (χ1v) is 10.8. The highest BCUT2D eigenvalue weighted by Gasteiger charge is 2.22. The lowest BCUT2D eigenvalue weighted by molar-refractivity contribution is 0.0629. The van der Waals surface area contributed by atoms with Gasteiger partial charge in [-0.2, -0.15) is 0 Å². The Labute approximate surface area is 178 Å². The van der Waals surface area contributed by atoms with Gasteiger partial charge in [-0.1, -0.05) is 37.6 Å². The van der Waals surface area contributed by atoms with E-state index in [1.807, 2.05) is 41.4 Å². The van der Waals surface area contributed by atoms with Crippen LogP contribution in [0.3, 0.4) is 0 Å². The molecule has 0 unspecified atom stereocenters. The number of carbonyl (C=O) groups excluding carboxylic acids is 1. The van der Waals surface area contributed by atoms with Crippen molar-refractivity contribution < 1.29 is 9.53 Å². The Balaban J connectivity index is 1.32. The molecule has 30 heavy (non-hydrogen) atoms. The molecule has 4 rings (SSSR count). The summed E-state index contributed by atoms with van der Waals surface area (Å²) >= 11 is 0. The average molecular weight is 404 g/mol. The second-order valence-electron chi connectivity index (χ2n) is 7.79. The van der Waals surface area contributed by atoms with Crippen LogP contribution in [0, 0.1) is 0 Å². The van der Waals surface area contributed by atoms with Gasteiger partial charge in [0.25, 0.3) is 5.91 Å². The Morgan fingerprint density at radius 1 is 1.00 bits per heavy atom. The van der Waals surface area contributed by atoms with Crippen molar-refractivity contribution >= 4 is 16.8 Å². The lowest BCUT2D eigenvalue weighted by atomic mass is 10.1. The molecule has 0 atom stereocenters. The molecular formula is C25H29N3O2. The van der Waals surface area contributed by atoms with Gasteiger partial charge in [-0.25, -0.2) is 0 Å². The van der Waals surface area contributed by atoms with Gasteiger partial charge in [0.15, 0.2) is 0 Å². The minimum Gasteiger partial charge on any atom is -0.494 e. The molecule has 3 aromatic rings. The highest BCUT2D eigenvalue weighted by atomic mass is 16.5. The zero-order valence-corrected chi connectivity index (χ0v) is 17.6. The van der Waals surface area contributed by atoms with Crippen LogP contribution in [0.1, 0.15) is 35.7 Å². The summed E-state index contributed by atoms with van der Waals surface area (Å²) in [4.78, 5) is 21.8. The standard InChI is InChI=1S/C25H29N3O2/c1-2-3-18-30-23-11-9-21(10-12-23)25(29)28-16-14-27(15-17-28)19-22-7-4-6-20-8-5-13-26-24(20)22/h4-13H,2-3,14-19H2,1H3. The van der Waals surface area contributed by atoms with Gasteiger partial charge in [-0.15, -0.1) is 0 Å². The van der Waals surface area contributed by atoms with Crippen molar-refractivity contribution in [1.82, 2.24) is 14.8 Å². The predicted octanol–water partition coefficient (Wildman–Crippen LogP) is 4.37. The predicted molar refractivity (Wildman–Crippen MR) is 120 cm³/mol. The normalized spacial score (nSPS) is 14.8. The van der Waals surface area contributed by atoms with E-state index in [0.717, 1.165) is 69.0 Å². The summed E-state index contributed by atoms with van der Waals surface area (Å²) in [6.07, 6.45) is 4.00. The number of rotatable bonds is 7. The first kappa shape index (κ1) is 20.4. The van der Waals surface area contributed by atoms with Gasteiger partial charge >= 0.3 is 0 Å². The van der Waals surface area contributed by atoms with E-state index < -0.39 is 0 Å². The van der Waals surface area contributed by atoms with Gasteiger partial charge < -0.3 is 9.64 Å². The molecule has 2 aromatic carbocycles. The third-order valence-corrected chi connectivity index (χ3v) is 5.64. The Morgan fingerprint density at radius 2 is 1.77 bits per heavy atom. The van der Waals surface area contributed by atoms with Crippen molar-refractivity contribution in [2.75, 3.05) is 32.8 Å². The number of benzene rings is 2. The number of amides is 1. The second-order valence-corrected chi connectivity index (χ2v) is 7.79. The van der Waals surface area contributed by atoms with E-state index in [1.165, 1.54) is 10.9 Å². The van der Waals surface area contributed by atoms with Crippen LogP contribution in [-0.4, -0.2) is 53.5 Å². The van der Waals surface area contributed by atoms with Crippen molar-refractivity contribution in [2.24, 2.45) is 0 Å². The summed E-state index contributed by atoms with van der Waals surface area (Å²) in [6.45, 7) is 6.94. The summed E-state index contributed by atoms with van der Waals surface area (Å²) in [5.41, 5.74) is 3.04. The fourth-order valence-corrected chi connectivity index (χ4v) is 3.86. The average Bonchev–Trinajstić information content (AvgIpc) is 2.80. The zero-order chi connectivity index (χ0) is 20.8. The number of fused-ring (bicyclic) bond motifs is 1. The molecule has 2 heterocycles. The fourth-order valence-electron chi connectivity index (χ4n) is 3.86. The summed E-state index contributed by atoms with van der Waals surface area (Å²) in [7, 11) is 0. The number of hydrogen-bond donors (Lipinski definition) is 0. The van der Waals surface area contributed by atoms with E-state index in [2.05, 4.69) is 41.1 Å². The Bertz CT molecular complexity index is 974. The van der Waals surface area contributed by atoms with Crippen LogP contribution in [0.2, 0.25) is 0 Å². The van der Waals surface area contributed by atoms with E-state index in [4.69, 9.17) is 4.74 Å². The number of nitrogens with zero attached hydrogens (tertiary/aromatic N) is 3. The number of piperazine rings is 1. The number of para-hydroxylation sites is 1. The quantitative estimate of drug-likeness (QED) is 0.550. The van der Waals surface area contributed by atoms with Crippen molar-refractivity contribution in [2.45, 2.75) is 26.3 Å². The largest absolute Gasteiger partial charge is 0.494 e. The van der Waals surface area contributed by atoms with Crippen LogP contribution < -0.4 is 4.74 Å².